The van der Waals surface area contributed by atoms with Crippen LogP contribution in [-0.2, 0) is 0 Å². The second-order valence-corrected chi connectivity index (χ2v) is 4.64. The van der Waals surface area contributed by atoms with Gasteiger partial charge in [0.05, 0.1) is 17.1 Å². The summed E-state index contributed by atoms with van der Waals surface area (Å²) in [6.07, 6.45) is 0.415. The minimum atomic E-state index is -0.835. The first kappa shape index (κ1) is 13.4. The third kappa shape index (κ3) is 4.40. The lowest BCUT2D eigenvalue weighted by Gasteiger charge is -2.17. The SMILES string of the molecule is Cc1ccc([N+](=O)[O-])c(OCCC(C)(C)O)c1. The molecule has 0 atom stereocenters. The van der Waals surface area contributed by atoms with Crippen LogP contribution in [0.5, 0.6) is 5.75 Å². The Morgan fingerprint density at radius 1 is 1.47 bits per heavy atom. The van der Waals surface area contributed by atoms with Crippen LogP contribution >= 0.6 is 0 Å². The van der Waals surface area contributed by atoms with Gasteiger partial charge in [0.25, 0.3) is 0 Å². The van der Waals surface area contributed by atoms with E-state index >= 15 is 0 Å². The minimum absolute atomic E-state index is 0.0497. The predicted octanol–water partition coefficient (Wildman–Crippen LogP) is 2.44. The molecule has 94 valence electrons. The molecule has 0 aliphatic carbocycles. The van der Waals surface area contributed by atoms with Crippen LogP contribution in [0.15, 0.2) is 18.2 Å². The molecule has 1 aromatic carbocycles. The molecule has 0 bridgehead atoms. The van der Waals surface area contributed by atoms with Gasteiger partial charge in [-0.05, 0) is 32.4 Å². The highest BCUT2D eigenvalue weighted by molar-refractivity contribution is 5.48. The van der Waals surface area contributed by atoms with E-state index in [9.17, 15) is 15.2 Å². The van der Waals surface area contributed by atoms with E-state index < -0.39 is 10.5 Å². The van der Waals surface area contributed by atoms with E-state index in [1.54, 1.807) is 26.0 Å². The predicted molar refractivity (Wildman–Crippen MR) is 64.2 cm³/mol. The van der Waals surface area contributed by atoms with Crippen molar-refractivity contribution in [3.63, 3.8) is 0 Å². The number of nitro benzene ring substituents is 1. The summed E-state index contributed by atoms with van der Waals surface area (Å²) < 4.78 is 5.35. The molecule has 0 aliphatic rings. The molecule has 0 aliphatic heterocycles. The Balaban J connectivity index is 2.75. The number of benzene rings is 1. The van der Waals surface area contributed by atoms with Crippen molar-refractivity contribution in [3.8, 4) is 5.75 Å². The summed E-state index contributed by atoms with van der Waals surface area (Å²) in [5, 5.41) is 20.3. The van der Waals surface area contributed by atoms with E-state index in [4.69, 9.17) is 4.74 Å². The maximum Gasteiger partial charge on any atom is 0.310 e. The molecule has 5 nitrogen and oxygen atoms in total. The van der Waals surface area contributed by atoms with Crippen molar-refractivity contribution < 1.29 is 14.8 Å². The lowest BCUT2D eigenvalue weighted by atomic mass is 10.1. The van der Waals surface area contributed by atoms with Crippen LogP contribution in [0.1, 0.15) is 25.8 Å². The van der Waals surface area contributed by atoms with Gasteiger partial charge in [-0.2, -0.15) is 0 Å². The van der Waals surface area contributed by atoms with Crippen LogP contribution in [0.25, 0.3) is 0 Å². The van der Waals surface area contributed by atoms with Gasteiger partial charge < -0.3 is 9.84 Å². The van der Waals surface area contributed by atoms with Crippen molar-refractivity contribution in [1.82, 2.24) is 0 Å². The minimum Gasteiger partial charge on any atom is -0.487 e. The van der Waals surface area contributed by atoms with Gasteiger partial charge in [0.1, 0.15) is 0 Å². The average Bonchev–Trinajstić information content (AvgIpc) is 2.15. The van der Waals surface area contributed by atoms with Gasteiger partial charge in [-0.15, -0.1) is 0 Å². The standard InChI is InChI=1S/C12H17NO4/c1-9-4-5-10(13(15)16)11(8-9)17-7-6-12(2,3)14/h4-5,8,14H,6-7H2,1-3H3. The first-order chi connectivity index (χ1) is 7.79. The number of ether oxygens (including phenoxy) is 1. The van der Waals surface area contributed by atoms with E-state index in [2.05, 4.69) is 0 Å². The van der Waals surface area contributed by atoms with Crippen LogP contribution in [0.2, 0.25) is 0 Å². The second kappa shape index (κ2) is 5.14. The van der Waals surface area contributed by atoms with Gasteiger partial charge in [0, 0.05) is 12.5 Å². The highest BCUT2D eigenvalue weighted by atomic mass is 16.6. The molecule has 0 heterocycles. The number of hydrogen-bond acceptors (Lipinski definition) is 4. The third-order valence-electron chi connectivity index (χ3n) is 2.28. The van der Waals surface area contributed by atoms with Crippen molar-refractivity contribution in [2.75, 3.05) is 6.61 Å². The average molecular weight is 239 g/mol. The fourth-order valence-electron chi connectivity index (χ4n) is 1.30. The Bertz CT molecular complexity index is 409. The molecule has 1 aromatic rings. The molecule has 0 saturated heterocycles. The highest BCUT2D eigenvalue weighted by Gasteiger charge is 2.17. The smallest absolute Gasteiger partial charge is 0.310 e. The molecular formula is C12H17NO4. The van der Waals surface area contributed by atoms with Gasteiger partial charge in [0.2, 0.25) is 0 Å². The molecule has 0 radical (unpaired) electrons. The van der Waals surface area contributed by atoms with Crippen molar-refractivity contribution in [1.29, 1.82) is 0 Å². The van der Waals surface area contributed by atoms with Crippen molar-refractivity contribution >= 4 is 5.69 Å². The quantitative estimate of drug-likeness (QED) is 0.632. The molecule has 17 heavy (non-hydrogen) atoms. The summed E-state index contributed by atoms with van der Waals surface area (Å²) in [5.74, 6) is 0.249. The Morgan fingerprint density at radius 2 is 2.12 bits per heavy atom. The molecule has 0 fully saturated rings. The molecule has 0 amide bonds. The topological polar surface area (TPSA) is 72.6 Å². The Labute approximate surface area is 100 Å². The van der Waals surface area contributed by atoms with E-state index in [1.165, 1.54) is 6.07 Å². The van der Waals surface area contributed by atoms with Crippen LogP contribution in [-0.4, -0.2) is 22.2 Å². The number of hydrogen-bond donors (Lipinski definition) is 1. The summed E-state index contributed by atoms with van der Waals surface area (Å²) in [6, 6.07) is 4.72. The van der Waals surface area contributed by atoms with Gasteiger partial charge in [0.15, 0.2) is 5.75 Å². The normalized spacial score (nSPS) is 11.3. The first-order valence-corrected chi connectivity index (χ1v) is 5.40. The zero-order valence-corrected chi connectivity index (χ0v) is 10.3. The molecule has 0 unspecified atom stereocenters. The molecule has 0 saturated carbocycles. The Morgan fingerprint density at radius 3 is 2.65 bits per heavy atom. The van der Waals surface area contributed by atoms with E-state index in [0.717, 1.165) is 5.56 Å². The van der Waals surface area contributed by atoms with Gasteiger partial charge in [-0.3, -0.25) is 10.1 Å². The highest BCUT2D eigenvalue weighted by Crippen LogP contribution is 2.28. The molecule has 0 spiro atoms. The zero-order chi connectivity index (χ0) is 13.1. The molecule has 1 N–H and O–H groups in total. The summed E-state index contributed by atoms with van der Waals surface area (Å²) in [4.78, 5) is 10.3. The summed E-state index contributed by atoms with van der Waals surface area (Å²) in [7, 11) is 0. The maximum atomic E-state index is 10.8. The fourth-order valence-corrected chi connectivity index (χ4v) is 1.30. The monoisotopic (exact) mass is 239 g/mol. The third-order valence-corrected chi connectivity index (χ3v) is 2.28. The molecule has 1 rings (SSSR count). The summed E-state index contributed by atoms with van der Waals surface area (Å²) in [5.41, 5.74) is 0.0127. The van der Waals surface area contributed by atoms with E-state index in [-0.39, 0.29) is 18.0 Å². The lowest BCUT2D eigenvalue weighted by molar-refractivity contribution is -0.385. The molecule has 0 aromatic heterocycles. The molecule has 5 heteroatoms. The maximum absolute atomic E-state index is 10.8. The Hall–Kier alpha value is -1.62. The van der Waals surface area contributed by atoms with Gasteiger partial charge in [-0.25, -0.2) is 0 Å². The number of aryl methyl sites for hydroxylation is 1. The molecular weight excluding hydrogens is 222 g/mol. The van der Waals surface area contributed by atoms with Crippen LogP contribution in [0, 0.1) is 17.0 Å². The van der Waals surface area contributed by atoms with Gasteiger partial charge >= 0.3 is 5.69 Å². The largest absolute Gasteiger partial charge is 0.487 e. The van der Waals surface area contributed by atoms with Gasteiger partial charge in [-0.1, -0.05) is 6.07 Å². The summed E-state index contributed by atoms with van der Waals surface area (Å²) >= 11 is 0. The van der Waals surface area contributed by atoms with Crippen LogP contribution in [0.4, 0.5) is 5.69 Å². The van der Waals surface area contributed by atoms with Crippen molar-refractivity contribution in [2.45, 2.75) is 32.8 Å². The number of nitrogens with zero attached hydrogens (tertiary/aromatic N) is 1. The van der Waals surface area contributed by atoms with E-state index in [1.807, 2.05) is 6.92 Å². The van der Waals surface area contributed by atoms with Crippen LogP contribution in [0.3, 0.4) is 0 Å². The number of aliphatic hydroxyl groups is 1. The number of rotatable bonds is 5. The zero-order valence-electron chi connectivity index (χ0n) is 10.3. The number of nitro groups is 1. The first-order valence-electron chi connectivity index (χ1n) is 5.40. The van der Waals surface area contributed by atoms with Crippen molar-refractivity contribution in [2.24, 2.45) is 0 Å². The second-order valence-electron chi connectivity index (χ2n) is 4.64. The fraction of sp³-hybridized carbons (Fsp3) is 0.500. The Kier molecular flexibility index (Phi) is 4.07. The van der Waals surface area contributed by atoms with Crippen LogP contribution < -0.4 is 4.74 Å². The summed E-state index contributed by atoms with van der Waals surface area (Å²) in [6.45, 7) is 5.42. The lowest BCUT2D eigenvalue weighted by Crippen LogP contribution is -2.21. The van der Waals surface area contributed by atoms with Crippen molar-refractivity contribution in [3.05, 3.63) is 33.9 Å². The van der Waals surface area contributed by atoms with E-state index in [0.29, 0.717) is 6.42 Å².